The van der Waals surface area contributed by atoms with E-state index in [0.717, 1.165) is 25.3 Å². The predicted molar refractivity (Wildman–Crippen MR) is 153 cm³/mol. The number of nitrogens with one attached hydrogen (secondary N) is 1. The molecule has 4 heterocycles. The van der Waals surface area contributed by atoms with Crippen molar-refractivity contribution in [3.8, 4) is 22.6 Å². The van der Waals surface area contributed by atoms with Gasteiger partial charge in [-0.1, -0.05) is 0 Å². The van der Waals surface area contributed by atoms with E-state index >= 15 is 0 Å². The molecule has 43 heavy (non-hydrogen) atoms. The van der Waals surface area contributed by atoms with Crippen molar-refractivity contribution in [2.24, 2.45) is 19.8 Å². The molecule has 1 amide bonds. The van der Waals surface area contributed by atoms with Crippen LogP contribution in [0.2, 0.25) is 0 Å². The van der Waals surface area contributed by atoms with Crippen LogP contribution in [0, 0.1) is 0 Å². The number of pyridine rings is 1. The SMILES string of the molecule is CCNc1cc(-c2c(-c3nncn3C)cnn2C)cc(N2Cc3c(cc(COCC4(N)CCC4)cc3C(F)(F)F)C2=O)n1. The van der Waals surface area contributed by atoms with Crippen LogP contribution in [0.25, 0.3) is 22.6 Å². The number of hydrogen-bond acceptors (Lipinski definition) is 8. The third kappa shape index (κ3) is 5.36. The highest BCUT2D eigenvalue weighted by Gasteiger charge is 2.41. The minimum absolute atomic E-state index is 0.0166. The first kappa shape index (κ1) is 28.8. The molecule has 0 atom stereocenters. The van der Waals surface area contributed by atoms with Gasteiger partial charge in [0.15, 0.2) is 5.82 Å². The van der Waals surface area contributed by atoms with E-state index < -0.39 is 23.2 Å². The Kier molecular flexibility index (Phi) is 7.21. The second-order valence-electron chi connectivity index (χ2n) is 11.2. The topological polar surface area (TPSA) is 129 Å². The van der Waals surface area contributed by atoms with Crippen LogP contribution in [0.4, 0.5) is 24.8 Å². The second kappa shape index (κ2) is 10.8. The summed E-state index contributed by atoms with van der Waals surface area (Å²) >= 11 is 0. The van der Waals surface area contributed by atoms with Crippen LogP contribution < -0.4 is 16.0 Å². The molecule has 6 rings (SSSR count). The summed E-state index contributed by atoms with van der Waals surface area (Å²) in [4.78, 5) is 19.6. The fraction of sp³-hybridized carbons (Fsp3) is 0.414. The van der Waals surface area contributed by atoms with Crippen molar-refractivity contribution < 1.29 is 22.7 Å². The van der Waals surface area contributed by atoms with E-state index in [9.17, 15) is 18.0 Å². The molecule has 1 aliphatic heterocycles. The maximum Gasteiger partial charge on any atom is 0.416 e. The van der Waals surface area contributed by atoms with Gasteiger partial charge in [-0.25, -0.2) is 4.98 Å². The van der Waals surface area contributed by atoms with Crippen molar-refractivity contribution in [3.63, 3.8) is 0 Å². The number of aromatic nitrogens is 6. The lowest BCUT2D eigenvalue weighted by Gasteiger charge is -2.37. The fourth-order valence-electron chi connectivity index (χ4n) is 5.67. The molecule has 0 radical (unpaired) electrons. The average Bonchev–Trinajstić information content (AvgIpc) is 3.63. The molecule has 226 valence electrons. The quantitative estimate of drug-likeness (QED) is 0.293. The number of nitrogens with zero attached hydrogens (tertiary/aromatic N) is 7. The normalized spacial score (nSPS) is 16.0. The second-order valence-corrected chi connectivity index (χ2v) is 11.2. The number of alkyl halides is 3. The number of hydrogen-bond donors (Lipinski definition) is 2. The summed E-state index contributed by atoms with van der Waals surface area (Å²) in [6.45, 7) is 2.33. The molecule has 0 bridgehead atoms. The van der Waals surface area contributed by atoms with E-state index in [-0.39, 0.29) is 42.3 Å². The molecule has 1 aromatic carbocycles. The lowest BCUT2D eigenvalue weighted by atomic mass is 9.78. The lowest BCUT2D eigenvalue weighted by Crippen LogP contribution is -2.50. The van der Waals surface area contributed by atoms with Crippen LogP contribution in [-0.4, -0.2) is 54.1 Å². The van der Waals surface area contributed by atoms with Gasteiger partial charge >= 0.3 is 6.18 Å². The highest BCUT2D eigenvalue weighted by molar-refractivity contribution is 6.10. The Bertz CT molecular complexity index is 1690. The summed E-state index contributed by atoms with van der Waals surface area (Å²) in [5.74, 6) is 0.683. The van der Waals surface area contributed by atoms with Gasteiger partial charge in [0.25, 0.3) is 5.91 Å². The Balaban J connectivity index is 1.38. The minimum Gasteiger partial charge on any atom is -0.375 e. The van der Waals surface area contributed by atoms with Gasteiger partial charge < -0.3 is 20.4 Å². The van der Waals surface area contributed by atoms with Crippen molar-refractivity contribution in [2.75, 3.05) is 23.4 Å². The molecule has 11 nitrogen and oxygen atoms in total. The number of fused-ring (bicyclic) bond motifs is 1. The largest absolute Gasteiger partial charge is 0.416 e. The van der Waals surface area contributed by atoms with E-state index in [1.54, 1.807) is 41.0 Å². The molecule has 4 aromatic rings. The highest BCUT2D eigenvalue weighted by atomic mass is 19.4. The van der Waals surface area contributed by atoms with Crippen LogP contribution in [0.15, 0.2) is 36.8 Å². The van der Waals surface area contributed by atoms with Crippen LogP contribution in [0.1, 0.15) is 53.2 Å². The molecule has 2 aliphatic rings. The zero-order chi connectivity index (χ0) is 30.5. The Morgan fingerprint density at radius 2 is 1.93 bits per heavy atom. The molecule has 0 unspecified atom stereocenters. The molecule has 1 fully saturated rings. The molecule has 3 aromatic heterocycles. The van der Waals surface area contributed by atoms with Gasteiger partial charge in [0.2, 0.25) is 0 Å². The molecule has 1 saturated carbocycles. The van der Waals surface area contributed by atoms with Crippen molar-refractivity contribution in [1.29, 1.82) is 0 Å². The van der Waals surface area contributed by atoms with E-state index in [2.05, 4.69) is 25.6 Å². The van der Waals surface area contributed by atoms with Crippen LogP contribution in [0.5, 0.6) is 0 Å². The predicted octanol–water partition coefficient (Wildman–Crippen LogP) is 4.29. The van der Waals surface area contributed by atoms with Gasteiger partial charge in [-0.15, -0.1) is 10.2 Å². The van der Waals surface area contributed by atoms with Gasteiger partial charge in [-0.2, -0.15) is 18.3 Å². The third-order valence-corrected chi connectivity index (χ3v) is 8.03. The molecule has 3 N–H and O–H groups in total. The van der Waals surface area contributed by atoms with Gasteiger partial charge in [-0.05, 0) is 61.6 Å². The number of amides is 1. The highest BCUT2D eigenvalue weighted by Crippen LogP contribution is 2.41. The van der Waals surface area contributed by atoms with E-state index in [0.29, 0.717) is 35.0 Å². The number of carbonyl (C=O) groups excluding carboxylic acids is 1. The van der Waals surface area contributed by atoms with Crippen LogP contribution in [0.3, 0.4) is 0 Å². The molecule has 0 saturated heterocycles. The maximum absolute atomic E-state index is 14.3. The molecule has 14 heteroatoms. The summed E-state index contributed by atoms with van der Waals surface area (Å²) in [6, 6.07) is 6.04. The number of carbonyl (C=O) groups is 1. The number of aryl methyl sites for hydroxylation is 2. The van der Waals surface area contributed by atoms with Gasteiger partial charge in [-0.3, -0.25) is 14.4 Å². The number of benzene rings is 1. The van der Waals surface area contributed by atoms with E-state index in [1.165, 1.54) is 11.0 Å². The minimum atomic E-state index is -4.66. The first-order chi connectivity index (χ1) is 20.5. The fourth-order valence-corrected chi connectivity index (χ4v) is 5.67. The van der Waals surface area contributed by atoms with Crippen molar-refractivity contribution in [2.45, 2.75) is 51.1 Å². The average molecular weight is 596 g/mol. The Labute approximate surface area is 245 Å². The molecule has 0 spiro atoms. The summed E-state index contributed by atoms with van der Waals surface area (Å²) in [5.41, 5.74) is 7.11. The lowest BCUT2D eigenvalue weighted by molar-refractivity contribution is -0.138. The standard InChI is InChI=1S/C29H32F3N9O2/c1-4-34-23-10-18(25-20(12-36-40(25)3)26-38-35-16-39(26)2)11-24(37-23)41-13-21-19(27(41)42)8-17(9-22(21)29(30,31)32)14-43-15-28(33)6-5-7-28/h8-12,16H,4-7,13-15,33H2,1-3H3,(H,34,37). The van der Waals surface area contributed by atoms with E-state index in [1.807, 2.05) is 14.0 Å². The van der Waals surface area contributed by atoms with Crippen molar-refractivity contribution in [1.82, 2.24) is 29.5 Å². The van der Waals surface area contributed by atoms with Crippen LogP contribution >= 0.6 is 0 Å². The van der Waals surface area contributed by atoms with Gasteiger partial charge in [0.05, 0.1) is 42.8 Å². The molecular weight excluding hydrogens is 563 g/mol. The smallest absolute Gasteiger partial charge is 0.375 e. The van der Waals surface area contributed by atoms with Gasteiger partial charge in [0.1, 0.15) is 18.0 Å². The van der Waals surface area contributed by atoms with Gasteiger partial charge in [0, 0.05) is 37.3 Å². The summed E-state index contributed by atoms with van der Waals surface area (Å²) < 4.78 is 52.0. The number of halogens is 3. The summed E-state index contributed by atoms with van der Waals surface area (Å²) in [6.07, 6.45) is 1.22. The number of nitrogens with two attached hydrogens (primary N) is 1. The first-order valence-corrected chi connectivity index (χ1v) is 14.0. The van der Waals surface area contributed by atoms with E-state index in [4.69, 9.17) is 10.5 Å². The monoisotopic (exact) mass is 595 g/mol. The maximum atomic E-state index is 14.3. The van der Waals surface area contributed by atoms with Crippen molar-refractivity contribution >= 4 is 17.5 Å². The Morgan fingerprint density at radius 1 is 1.14 bits per heavy atom. The Hall–Kier alpha value is -4.30. The first-order valence-electron chi connectivity index (χ1n) is 14.0. The molecular formula is C29H32F3N9O2. The molecule has 1 aliphatic carbocycles. The number of ether oxygens (including phenoxy) is 1. The zero-order valence-corrected chi connectivity index (χ0v) is 24.1. The summed E-state index contributed by atoms with van der Waals surface area (Å²) in [5, 5.41) is 15.7. The van der Waals surface area contributed by atoms with Crippen LogP contribution in [-0.2, 0) is 38.2 Å². The van der Waals surface area contributed by atoms with Crippen molar-refractivity contribution in [3.05, 3.63) is 59.0 Å². The summed E-state index contributed by atoms with van der Waals surface area (Å²) in [7, 11) is 3.59. The Morgan fingerprint density at radius 3 is 2.58 bits per heavy atom. The third-order valence-electron chi connectivity index (χ3n) is 8.03. The zero-order valence-electron chi connectivity index (χ0n) is 24.1. The number of anilines is 2. The number of rotatable bonds is 9.